The van der Waals surface area contributed by atoms with Gasteiger partial charge in [0, 0.05) is 17.5 Å². The predicted octanol–water partition coefficient (Wildman–Crippen LogP) is 1.72. The summed E-state index contributed by atoms with van der Waals surface area (Å²) in [5.74, 6) is -3.13. The molecule has 0 saturated heterocycles. The van der Waals surface area contributed by atoms with Crippen LogP contribution in [0.5, 0.6) is 0 Å². The first-order chi connectivity index (χ1) is 5.49. The molecule has 0 fully saturated rings. The number of aromatic amines is 1. The molecule has 0 aliphatic heterocycles. The number of aromatic nitrogens is 1. The van der Waals surface area contributed by atoms with Crippen molar-refractivity contribution in [2.45, 2.75) is 19.8 Å². The first-order valence-corrected chi connectivity index (χ1v) is 3.63. The molecule has 68 valence electrons. The third-order valence-corrected chi connectivity index (χ3v) is 1.84. The number of H-pyrrole nitrogens is 1. The minimum Gasteiger partial charge on any atom is -0.390 e. The average molecular weight is 175 g/mol. The highest BCUT2D eigenvalue weighted by molar-refractivity contribution is 5.33. The number of hydrogen-bond donors (Lipinski definition) is 2. The predicted molar refractivity (Wildman–Crippen MR) is 41.2 cm³/mol. The Hall–Kier alpha value is -0.900. The van der Waals surface area contributed by atoms with E-state index in [9.17, 15) is 8.78 Å². The van der Waals surface area contributed by atoms with E-state index < -0.39 is 12.5 Å². The van der Waals surface area contributed by atoms with Gasteiger partial charge in [0.1, 0.15) is 6.61 Å². The lowest BCUT2D eigenvalue weighted by molar-refractivity contribution is -0.0564. The Morgan fingerprint density at radius 1 is 1.50 bits per heavy atom. The van der Waals surface area contributed by atoms with Crippen molar-refractivity contribution in [2.75, 3.05) is 6.61 Å². The summed E-state index contributed by atoms with van der Waals surface area (Å²) in [5, 5.41) is 8.45. The Bertz CT molecular complexity index is 261. The second-order valence-corrected chi connectivity index (χ2v) is 2.83. The van der Waals surface area contributed by atoms with Gasteiger partial charge in [-0.25, -0.2) is 0 Å². The molecule has 0 bridgehead atoms. The Morgan fingerprint density at radius 2 is 2.08 bits per heavy atom. The van der Waals surface area contributed by atoms with Gasteiger partial charge in [0.15, 0.2) is 0 Å². The van der Waals surface area contributed by atoms with Gasteiger partial charge in [-0.1, -0.05) is 0 Å². The molecule has 0 saturated carbocycles. The highest BCUT2D eigenvalue weighted by Crippen LogP contribution is 2.31. The fourth-order valence-electron chi connectivity index (χ4n) is 1.30. The molecule has 0 aromatic carbocycles. The minimum absolute atomic E-state index is 0.0926. The topological polar surface area (TPSA) is 36.0 Å². The molecule has 1 aromatic rings. The van der Waals surface area contributed by atoms with Crippen molar-refractivity contribution in [2.24, 2.45) is 0 Å². The number of aliphatic hydroxyl groups is 1. The summed E-state index contributed by atoms with van der Waals surface area (Å²) >= 11 is 0. The van der Waals surface area contributed by atoms with Crippen molar-refractivity contribution in [3.05, 3.63) is 23.0 Å². The molecule has 2 N–H and O–H groups in total. The molecule has 0 radical (unpaired) electrons. The van der Waals surface area contributed by atoms with Crippen LogP contribution in [0.4, 0.5) is 8.78 Å². The average Bonchev–Trinajstić information content (AvgIpc) is 2.31. The largest absolute Gasteiger partial charge is 0.390 e. The Morgan fingerprint density at radius 3 is 2.42 bits per heavy atom. The van der Waals surface area contributed by atoms with E-state index in [4.69, 9.17) is 5.11 Å². The van der Waals surface area contributed by atoms with Crippen LogP contribution in [-0.2, 0) is 5.92 Å². The van der Waals surface area contributed by atoms with E-state index in [-0.39, 0.29) is 5.56 Å². The SMILES string of the molecule is Cc1c[nH]c(C)c1C(F)(F)CO. The summed E-state index contributed by atoms with van der Waals surface area (Å²) in [4.78, 5) is 2.69. The summed E-state index contributed by atoms with van der Waals surface area (Å²) < 4.78 is 25.9. The van der Waals surface area contributed by atoms with Crippen LogP contribution in [0.25, 0.3) is 0 Å². The van der Waals surface area contributed by atoms with Crippen LogP contribution >= 0.6 is 0 Å². The number of alkyl halides is 2. The highest BCUT2D eigenvalue weighted by Gasteiger charge is 2.34. The third kappa shape index (κ3) is 1.34. The summed E-state index contributed by atoms with van der Waals surface area (Å²) in [6.07, 6.45) is 1.51. The highest BCUT2D eigenvalue weighted by atomic mass is 19.3. The van der Waals surface area contributed by atoms with Crippen LogP contribution in [-0.4, -0.2) is 16.7 Å². The molecule has 0 aliphatic rings. The van der Waals surface area contributed by atoms with Gasteiger partial charge in [0.25, 0.3) is 5.92 Å². The second kappa shape index (κ2) is 2.86. The number of halogens is 2. The van der Waals surface area contributed by atoms with Crippen molar-refractivity contribution in [3.63, 3.8) is 0 Å². The van der Waals surface area contributed by atoms with Gasteiger partial charge in [-0.2, -0.15) is 8.78 Å². The Balaban J connectivity index is 3.17. The first-order valence-electron chi connectivity index (χ1n) is 3.63. The molecule has 0 atom stereocenters. The van der Waals surface area contributed by atoms with Gasteiger partial charge in [0.2, 0.25) is 0 Å². The van der Waals surface area contributed by atoms with Gasteiger partial charge in [-0.05, 0) is 19.4 Å². The molecule has 0 spiro atoms. The molecule has 1 aromatic heterocycles. The number of hydrogen-bond acceptors (Lipinski definition) is 1. The van der Waals surface area contributed by atoms with E-state index in [1.54, 1.807) is 13.8 Å². The van der Waals surface area contributed by atoms with E-state index in [0.717, 1.165) is 0 Å². The molecular formula is C8H11F2NO. The van der Waals surface area contributed by atoms with E-state index >= 15 is 0 Å². The Kier molecular flexibility index (Phi) is 2.19. The lowest BCUT2D eigenvalue weighted by atomic mass is 10.1. The van der Waals surface area contributed by atoms with Crippen molar-refractivity contribution < 1.29 is 13.9 Å². The fraction of sp³-hybridized carbons (Fsp3) is 0.500. The summed E-state index contributed by atoms with van der Waals surface area (Å²) in [7, 11) is 0. The maximum absolute atomic E-state index is 13.0. The standard InChI is InChI=1S/C8H11F2NO/c1-5-3-11-6(2)7(5)8(9,10)4-12/h3,11-12H,4H2,1-2H3. The van der Waals surface area contributed by atoms with E-state index in [2.05, 4.69) is 4.98 Å². The van der Waals surface area contributed by atoms with Crippen LogP contribution in [0.3, 0.4) is 0 Å². The van der Waals surface area contributed by atoms with Crippen LogP contribution in [0, 0.1) is 13.8 Å². The van der Waals surface area contributed by atoms with Gasteiger partial charge in [0.05, 0.1) is 0 Å². The zero-order valence-electron chi connectivity index (χ0n) is 6.99. The van der Waals surface area contributed by atoms with Gasteiger partial charge in [-0.15, -0.1) is 0 Å². The molecule has 4 heteroatoms. The summed E-state index contributed by atoms with van der Waals surface area (Å²) in [6.45, 7) is 2.00. The maximum Gasteiger partial charge on any atom is 0.297 e. The van der Waals surface area contributed by atoms with Crippen molar-refractivity contribution in [3.8, 4) is 0 Å². The number of aliphatic hydroxyl groups excluding tert-OH is 1. The second-order valence-electron chi connectivity index (χ2n) is 2.83. The first kappa shape index (κ1) is 9.19. The lowest BCUT2D eigenvalue weighted by Crippen LogP contribution is -2.19. The smallest absolute Gasteiger partial charge is 0.297 e. The van der Waals surface area contributed by atoms with Gasteiger partial charge >= 0.3 is 0 Å². The van der Waals surface area contributed by atoms with Crippen LogP contribution in [0.2, 0.25) is 0 Å². The zero-order chi connectivity index (χ0) is 9.35. The van der Waals surface area contributed by atoms with E-state index in [0.29, 0.717) is 11.3 Å². The van der Waals surface area contributed by atoms with Gasteiger partial charge in [-0.3, -0.25) is 0 Å². The van der Waals surface area contributed by atoms with Crippen molar-refractivity contribution >= 4 is 0 Å². The number of aryl methyl sites for hydroxylation is 2. The normalized spacial score (nSPS) is 12.1. The molecule has 12 heavy (non-hydrogen) atoms. The molecule has 2 nitrogen and oxygen atoms in total. The summed E-state index contributed by atoms with van der Waals surface area (Å²) in [6, 6.07) is 0. The number of nitrogens with one attached hydrogen (secondary N) is 1. The van der Waals surface area contributed by atoms with Crippen molar-refractivity contribution in [1.82, 2.24) is 4.98 Å². The minimum atomic E-state index is -3.13. The van der Waals surface area contributed by atoms with E-state index in [1.165, 1.54) is 6.20 Å². The Labute approximate surface area is 69.2 Å². The molecular weight excluding hydrogens is 164 g/mol. The lowest BCUT2D eigenvalue weighted by Gasteiger charge is -2.14. The van der Waals surface area contributed by atoms with Crippen molar-refractivity contribution in [1.29, 1.82) is 0 Å². The quantitative estimate of drug-likeness (QED) is 0.705. The molecule has 1 heterocycles. The molecule has 0 amide bonds. The van der Waals surface area contributed by atoms with Crippen LogP contribution in [0.1, 0.15) is 16.8 Å². The van der Waals surface area contributed by atoms with Crippen LogP contribution < -0.4 is 0 Å². The maximum atomic E-state index is 13.0. The third-order valence-electron chi connectivity index (χ3n) is 1.84. The van der Waals surface area contributed by atoms with Crippen LogP contribution in [0.15, 0.2) is 6.20 Å². The molecule has 0 unspecified atom stereocenters. The number of rotatable bonds is 2. The monoisotopic (exact) mass is 175 g/mol. The molecule has 1 rings (SSSR count). The van der Waals surface area contributed by atoms with Gasteiger partial charge < -0.3 is 10.1 Å². The summed E-state index contributed by atoms with van der Waals surface area (Å²) in [5.41, 5.74) is 0.795. The van der Waals surface area contributed by atoms with E-state index in [1.807, 2.05) is 0 Å². The molecule has 0 aliphatic carbocycles. The zero-order valence-corrected chi connectivity index (χ0v) is 6.99. The fourth-order valence-corrected chi connectivity index (χ4v) is 1.30.